The van der Waals surface area contributed by atoms with Crippen LogP contribution in [0.25, 0.3) is 11.4 Å². The molecular formula is C7H6FN5. The van der Waals surface area contributed by atoms with Gasteiger partial charge < -0.3 is 5.73 Å². The van der Waals surface area contributed by atoms with Crippen molar-refractivity contribution in [3.63, 3.8) is 0 Å². The van der Waals surface area contributed by atoms with Gasteiger partial charge in [-0.1, -0.05) is 0 Å². The number of H-pyrrole nitrogens is 1. The summed E-state index contributed by atoms with van der Waals surface area (Å²) < 4.78 is 13.2. The van der Waals surface area contributed by atoms with Crippen LogP contribution in [0.2, 0.25) is 0 Å². The van der Waals surface area contributed by atoms with Gasteiger partial charge in [0, 0.05) is 5.69 Å². The monoisotopic (exact) mass is 179 g/mol. The first-order valence-corrected chi connectivity index (χ1v) is 3.56. The zero-order valence-corrected chi connectivity index (χ0v) is 6.53. The van der Waals surface area contributed by atoms with E-state index < -0.39 is 5.82 Å². The Morgan fingerprint density at radius 1 is 1.38 bits per heavy atom. The van der Waals surface area contributed by atoms with E-state index >= 15 is 0 Å². The van der Waals surface area contributed by atoms with Crippen LogP contribution < -0.4 is 5.73 Å². The second-order valence-electron chi connectivity index (χ2n) is 2.47. The molecular weight excluding hydrogens is 173 g/mol. The molecule has 0 aliphatic heterocycles. The van der Waals surface area contributed by atoms with E-state index in [9.17, 15) is 4.39 Å². The number of aromatic amines is 1. The fourth-order valence-corrected chi connectivity index (χ4v) is 0.990. The Bertz CT molecular complexity index is 411. The van der Waals surface area contributed by atoms with Gasteiger partial charge in [-0.05, 0) is 23.4 Å². The summed E-state index contributed by atoms with van der Waals surface area (Å²) in [6.07, 6.45) is 0. The van der Waals surface area contributed by atoms with E-state index in [4.69, 9.17) is 5.73 Å². The van der Waals surface area contributed by atoms with E-state index in [-0.39, 0.29) is 11.4 Å². The van der Waals surface area contributed by atoms with Gasteiger partial charge in [-0.3, -0.25) is 0 Å². The molecule has 1 aromatic carbocycles. The number of anilines is 1. The number of halogens is 1. The first-order chi connectivity index (χ1) is 6.27. The van der Waals surface area contributed by atoms with Gasteiger partial charge in [0.25, 0.3) is 0 Å². The molecule has 0 atom stereocenters. The molecule has 0 amide bonds. The molecule has 0 saturated carbocycles. The van der Waals surface area contributed by atoms with E-state index in [2.05, 4.69) is 20.6 Å². The lowest BCUT2D eigenvalue weighted by atomic mass is 10.2. The molecule has 5 nitrogen and oxygen atoms in total. The summed E-state index contributed by atoms with van der Waals surface area (Å²) in [6, 6.07) is 4.19. The van der Waals surface area contributed by atoms with Gasteiger partial charge >= 0.3 is 0 Å². The van der Waals surface area contributed by atoms with Gasteiger partial charge in [0.1, 0.15) is 5.82 Å². The Balaban J connectivity index is 2.57. The zero-order valence-electron chi connectivity index (χ0n) is 6.53. The zero-order chi connectivity index (χ0) is 9.26. The van der Waals surface area contributed by atoms with Gasteiger partial charge in [-0.2, -0.15) is 5.21 Å². The molecule has 0 aliphatic rings. The fraction of sp³-hybridized carbons (Fsp3) is 0. The first-order valence-electron chi connectivity index (χ1n) is 3.56. The van der Waals surface area contributed by atoms with Crippen LogP contribution in [0.15, 0.2) is 18.2 Å². The largest absolute Gasteiger partial charge is 0.399 e. The number of hydrogen-bond donors (Lipinski definition) is 2. The maximum absolute atomic E-state index is 13.2. The SMILES string of the molecule is Nc1ccc(F)c(-c2nn[nH]n2)c1. The van der Waals surface area contributed by atoms with Crippen molar-refractivity contribution >= 4 is 5.69 Å². The number of aromatic nitrogens is 4. The van der Waals surface area contributed by atoms with Crippen LogP contribution >= 0.6 is 0 Å². The number of rotatable bonds is 1. The molecule has 0 fully saturated rings. The van der Waals surface area contributed by atoms with Gasteiger partial charge in [0.15, 0.2) is 0 Å². The van der Waals surface area contributed by atoms with Gasteiger partial charge in [-0.25, -0.2) is 4.39 Å². The topological polar surface area (TPSA) is 80.5 Å². The Labute approximate surface area is 72.8 Å². The number of nitrogens with two attached hydrogens (primary N) is 1. The van der Waals surface area contributed by atoms with Crippen molar-refractivity contribution in [2.45, 2.75) is 0 Å². The summed E-state index contributed by atoms with van der Waals surface area (Å²) in [4.78, 5) is 0. The third-order valence-electron chi connectivity index (χ3n) is 1.58. The van der Waals surface area contributed by atoms with Crippen LogP contribution in [-0.4, -0.2) is 20.6 Å². The molecule has 0 unspecified atom stereocenters. The molecule has 0 radical (unpaired) electrons. The molecule has 13 heavy (non-hydrogen) atoms. The van der Waals surface area contributed by atoms with Gasteiger partial charge in [0.05, 0.1) is 5.56 Å². The molecule has 2 aromatic rings. The van der Waals surface area contributed by atoms with Crippen molar-refractivity contribution in [1.29, 1.82) is 0 Å². The highest BCUT2D eigenvalue weighted by Crippen LogP contribution is 2.20. The standard InChI is InChI=1S/C7H6FN5/c8-6-2-1-4(9)3-5(6)7-10-12-13-11-7/h1-3H,9H2,(H,10,11,12,13). The number of nitrogens with one attached hydrogen (secondary N) is 1. The van der Waals surface area contributed by atoms with E-state index in [0.717, 1.165) is 0 Å². The van der Waals surface area contributed by atoms with Crippen LogP contribution in [0, 0.1) is 5.82 Å². The minimum absolute atomic E-state index is 0.199. The maximum Gasteiger partial charge on any atom is 0.207 e. The van der Waals surface area contributed by atoms with Crippen molar-refractivity contribution in [1.82, 2.24) is 20.6 Å². The predicted octanol–water partition coefficient (Wildman–Crippen LogP) is 0.588. The van der Waals surface area contributed by atoms with Gasteiger partial charge in [0.2, 0.25) is 5.82 Å². The second-order valence-corrected chi connectivity index (χ2v) is 2.47. The highest BCUT2D eigenvalue weighted by Gasteiger charge is 2.08. The summed E-state index contributed by atoms with van der Waals surface area (Å²) >= 11 is 0. The molecule has 0 spiro atoms. The summed E-state index contributed by atoms with van der Waals surface area (Å²) in [5.41, 5.74) is 6.18. The average Bonchev–Trinajstić information content (AvgIpc) is 2.61. The Morgan fingerprint density at radius 3 is 2.92 bits per heavy atom. The van der Waals surface area contributed by atoms with Crippen molar-refractivity contribution in [2.75, 3.05) is 5.73 Å². The normalized spacial score (nSPS) is 10.2. The van der Waals surface area contributed by atoms with Crippen LogP contribution in [0.1, 0.15) is 0 Å². The number of benzene rings is 1. The molecule has 0 aliphatic carbocycles. The van der Waals surface area contributed by atoms with E-state index in [0.29, 0.717) is 5.69 Å². The minimum atomic E-state index is -0.421. The summed E-state index contributed by atoms with van der Waals surface area (Å²) in [5.74, 6) is -0.222. The second kappa shape index (κ2) is 2.81. The third-order valence-corrected chi connectivity index (χ3v) is 1.58. The first kappa shape index (κ1) is 7.66. The molecule has 0 saturated heterocycles. The Kier molecular flexibility index (Phi) is 1.66. The van der Waals surface area contributed by atoms with Gasteiger partial charge in [-0.15, -0.1) is 10.2 Å². The van der Waals surface area contributed by atoms with E-state index in [1.807, 2.05) is 0 Å². The number of nitrogens with zero attached hydrogens (tertiary/aromatic N) is 3. The molecule has 6 heteroatoms. The summed E-state index contributed by atoms with van der Waals surface area (Å²) in [5, 5.41) is 12.9. The number of hydrogen-bond acceptors (Lipinski definition) is 4. The lowest BCUT2D eigenvalue weighted by molar-refractivity contribution is 0.630. The quantitative estimate of drug-likeness (QED) is 0.628. The highest BCUT2D eigenvalue weighted by molar-refractivity contribution is 5.60. The van der Waals surface area contributed by atoms with Crippen LogP contribution in [0.5, 0.6) is 0 Å². The Hall–Kier alpha value is -1.98. The number of tetrazole rings is 1. The highest BCUT2D eigenvalue weighted by atomic mass is 19.1. The van der Waals surface area contributed by atoms with Crippen molar-refractivity contribution in [3.8, 4) is 11.4 Å². The lowest BCUT2D eigenvalue weighted by Crippen LogP contribution is -1.90. The smallest absolute Gasteiger partial charge is 0.207 e. The Morgan fingerprint density at radius 2 is 2.23 bits per heavy atom. The minimum Gasteiger partial charge on any atom is -0.399 e. The fourth-order valence-electron chi connectivity index (χ4n) is 0.990. The lowest BCUT2D eigenvalue weighted by Gasteiger charge is -1.98. The third kappa shape index (κ3) is 1.33. The predicted molar refractivity (Wildman–Crippen MR) is 44.0 cm³/mol. The molecule has 1 aromatic heterocycles. The molecule has 66 valence electrons. The van der Waals surface area contributed by atoms with Crippen LogP contribution in [0.3, 0.4) is 0 Å². The molecule has 1 heterocycles. The summed E-state index contributed by atoms with van der Waals surface area (Å²) in [6.45, 7) is 0. The summed E-state index contributed by atoms with van der Waals surface area (Å²) in [7, 11) is 0. The van der Waals surface area contributed by atoms with Crippen molar-refractivity contribution in [2.24, 2.45) is 0 Å². The molecule has 3 N–H and O–H groups in total. The maximum atomic E-state index is 13.2. The van der Waals surface area contributed by atoms with Crippen LogP contribution in [-0.2, 0) is 0 Å². The molecule has 0 bridgehead atoms. The average molecular weight is 179 g/mol. The molecule has 2 rings (SSSR count). The van der Waals surface area contributed by atoms with E-state index in [1.54, 1.807) is 0 Å². The van der Waals surface area contributed by atoms with E-state index in [1.165, 1.54) is 18.2 Å². The van der Waals surface area contributed by atoms with Crippen molar-refractivity contribution in [3.05, 3.63) is 24.0 Å². The van der Waals surface area contributed by atoms with Crippen LogP contribution in [0.4, 0.5) is 10.1 Å². The van der Waals surface area contributed by atoms with Crippen molar-refractivity contribution < 1.29 is 4.39 Å². The number of nitrogen functional groups attached to an aromatic ring is 1.